The summed E-state index contributed by atoms with van der Waals surface area (Å²) < 4.78 is 0. The van der Waals surface area contributed by atoms with E-state index in [1.807, 2.05) is 6.92 Å². The van der Waals surface area contributed by atoms with Crippen molar-refractivity contribution in [2.75, 3.05) is 19.6 Å². The molecule has 1 aliphatic heterocycles. The summed E-state index contributed by atoms with van der Waals surface area (Å²) in [6.45, 7) is 13.3. The first kappa shape index (κ1) is 15.2. The second-order valence-electron chi connectivity index (χ2n) is 5.65. The molecule has 1 saturated heterocycles. The molecular formula is C15H28N2O. The van der Waals surface area contributed by atoms with Crippen LogP contribution in [0.25, 0.3) is 0 Å². The Bertz CT molecular complexity index is 310. The molecule has 0 aromatic heterocycles. The third-order valence-corrected chi connectivity index (χ3v) is 3.73. The van der Waals surface area contributed by atoms with E-state index in [1.54, 1.807) is 0 Å². The van der Waals surface area contributed by atoms with Crippen LogP contribution in [0, 0.1) is 5.92 Å². The van der Waals surface area contributed by atoms with E-state index < -0.39 is 0 Å². The smallest absolute Gasteiger partial charge is 0.249 e. The van der Waals surface area contributed by atoms with E-state index in [1.165, 1.54) is 5.57 Å². The number of nitrogens with one attached hydrogen (secondary N) is 1. The van der Waals surface area contributed by atoms with Crippen LogP contribution in [0.1, 0.15) is 47.5 Å². The van der Waals surface area contributed by atoms with Crippen LogP contribution in [-0.2, 0) is 4.79 Å². The van der Waals surface area contributed by atoms with E-state index in [2.05, 4.69) is 37.9 Å². The number of carbonyl (C=O) groups is 1. The van der Waals surface area contributed by atoms with Crippen molar-refractivity contribution in [3.63, 3.8) is 0 Å². The molecule has 1 fully saturated rings. The molecule has 0 spiro atoms. The van der Waals surface area contributed by atoms with Gasteiger partial charge in [0.2, 0.25) is 5.91 Å². The maximum atomic E-state index is 12.6. The van der Waals surface area contributed by atoms with Crippen LogP contribution in [0.2, 0.25) is 0 Å². The van der Waals surface area contributed by atoms with Crippen molar-refractivity contribution in [1.82, 2.24) is 10.2 Å². The molecule has 1 N–H and O–H groups in total. The Morgan fingerprint density at radius 3 is 2.17 bits per heavy atom. The summed E-state index contributed by atoms with van der Waals surface area (Å²) >= 11 is 0. The molecule has 3 nitrogen and oxygen atoms in total. The van der Waals surface area contributed by atoms with E-state index in [4.69, 9.17) is 0 Å². The fraction of sp³-hybridized carbons (Fsp3) is 0.800. The van der Waals surface area contributed by atoms with Gasteiger partial charge in [-0.3, -0.25) is 4.79 Å². The minimum absolute atomic E-state index is 0.244. The van der Waals surface area contributed by atoms with Crippen molar-refractivity contribution in [3.8, 4) is 0 Å². The van der Waals surface area contributed by atoms with Crippen LogP contribution < -0.4 is 5.32 Å². The van der Waals surface area contributed by atoms with Crippen LogP contribution >= 0.6 is 0 Å². The van der Waals surface area contributed by atoms with E-state index in [0.29, 0.717) is 12.0 Å². The van der Waals surface area contributed by atoms with Crippen LogP contribution in [0.5, 0.6) is 0 Å². The highest BCUT2D eigenvalue weighted by molar-refractivity contribution is 5.94. The van der Waals surface area contributed by atoms with Crippen molar-refractivity contribution in [1.29, 1.82) is 0 Å². The largest absolute Gasteiger partial charge is 0.336 e. The Hall–Kier alpha value is -0.830. The molecule has 0 aliphatic carbocycles. The molecule has 1 amide bonds. The Morgan fingerprint density at radius 2 is 1.83 bits per heavy atom. The van der Waals surface area contributed by atoms with Gasteiger partial charge in [0.25, 0.3) is 0 Å². The Labute approximate surface area is 112 Å². The first-order valence-electron chi connectivity index (χ1n) is 7.21. The van der Waals surface area contributed by atoms with Gasteiger partial charge < -0.3 is 10.2 Å². The maximum absolute atomic E-state index is 12.6. The predicted molar refractivity (Wildman–Crippen MR) is 76.5 cm³/mol. The Kier molecular flexibility index (Phi) is 5.86. The zero-order chi connectivity index (χ0) is 13.7. The molecule has 0 saturated carbocycles. The van der Waals surface area contributed by atoms with Crippen molar-refractivity contribution in [3.05, 3.63) is 11.1 Å². The van der Waals surface area contributed by atoms with Crippen molar-refractivity contribution < 1.29 is 4.79 Å². The summed E-state index contributed by atoms with van der Waals surface area (Å²) in [5.74, 6) is 0.765. The van der Waals surface area contributed by atoms with Crippen LogP contribution in [0.15, 0.2) is 11.1 Å². The number of hydrogen-bond donors (Lipinski definition) is 1. The van der Waals surface area contributed by atoms with Crippen LogP contribution in [0.3, 0.4) is 0 Å². The van der Waals surface area contributed by atoms with Crippen molar-refractivity contribution in [2.45, 2.75) is 53.5 Å². The van der Waals surface area contributed by atoms with Gasteiger partial charge >= 0.3 is 0 Å². The molecule has 0 radical (unpaired) electrons. The monoisotopic (exact) mass is 252 g/mol. The lowest BCUT2D eigenvalue weighted by molar-refractivity contribution is -0.130. The first-order valence-corrected chi connectivity index (χ1v) is 7.21. The van der Waals surface area contributed by atoms with Gasteiger partial charge in [-0.1, -0.05) is 27.7 Å². The van der Waals surface area contributed by atoms with Crippen LogP contribution in [0.4, 0.5) is 0 Å². The molecule has 0 aromatic carbocycles. The molecule has 104 valence electrons. The Balaban J connectivity index is 2.84. The van der Waals surface area contributed by atoms with Gasteiger partial charge in [0.15, 0.2) is 0 Å². The molecule has 1 aliphatic rings. The summed E-state index contributed by atoms with van der Waals surface area (Å²) in [5.41, 5.74) is 2.24. The third-order valence-electron chi connectivity index (χ3n) is 3.73. The normalized spacial score (nSPS) is 14.9. The Morgan fingerprint density at radius 1 is 1.28 bits per heavy atom. The van der Waals surface area contributed by atoms with Gasteiger partial charge in [-0.2, -0.15) is 0 Å². The maximum Gasteiger partial charge on any atom is 0.249 e. The molecule has 0 aromatic rings. The molecule has 3 heteroatoms. The number of nitrogens with zero attached hydrogens (tertiary/aromatic N) is 1. The van der Waals surface area contributed by atoms with E-state index >= 15 is 0 Å². The van der Waals surface area contributed by atoms with Gasteiger partial charge in [-0.25, -0.2) is 0 Å². The summed E-state index contributed by atoms with van der Waals surface area (Å²) in [6, 6.07) is 0.378. The number of hydrogen-bond acceptors (Lipinski definition) is 2. The second-order valence-corrected chi connectivity index (χ2v) is 5.65. The molecule has 0 atom stereocenters. The average Bonchev–Trinajstić information content (AvgIpc) is 2.25. The lowest BCUT2D eigenvalue weighted by Gasteiger charge is -2.34. The first-order chi connectivity index (χ1) is 8.51. The fourth-order valence-electron chi connectivity index (χ4n) is 2.40. The third kappa shape index (κ3) is 3.58. The predicted octanol–water partition coefficient (Wildman–Crippen LogP) is 2.58. The number of carbonyl (C=O) groups excluding carboxylic acids is 1. The molecule has 0 bridgehead atoms. The summed E-state index contributed by atoms with van der Waals surface area (Å²) in [5, 5.41) is 3.21. The lowest BCUT2D eigenvalue weighted by Crippen LogP contribution is -2.44. The van der Waals surface area contributed by atoms with Gasteiger partial charge in [-0.15, -0.1) is 0 Å². The van der Waals surface area contributed by atoms with Gasteiger partial charge in [0, 0.05) is 31.2 Å². The molecule has 18 heavy (non-hydrogen) atoms. The highest BCUT2D eigenvalue weighted by Gasteiger charge is 2.25. The number of rotatable bonds is 6. The van der Waals surface area contributed by atoms with Gasteiger partial charge in [-0.05, 0) is 31.3 Å². The quantitative estimate of drug-likeness (QED) is 0.737. The van der Waals surface area contributed by atoms with Crippen LogP contribution in [-0.4, -0.2) is 36.5 Å². The average molecular weight is 252 g/mol. The van der Waals surface area contributed by atoms with Crippen molar-refractivity contribution >= 4 is 5.91 Å². The minimum Gasteiger partial charge on any atom is -0.336 e. The highest BCUT2D eigenvalue weighted by atomic mass is 16.2. The molecule has 1 heterocycles. The lowest BCUT2D eigenvalue weighted by atomic mass is 10.0. The standard InChI is InChI=1S/C15H28N2O/c1-6-14(7-2)17(10-11(3)4)15(18)12(5)13-8-16-9-13/h11,14,16H,6-10H2,1-5H3. The van der Waals surface area contributed by atoms with E-state index in [9.17, 15) is 4.79 Å². The number of amides is 1. The minimum atomic E-state index is 0.244. The summed E-state index contributed by atoms with van der Waals surface area (Å²) in [6.07, 6.45) is 2.08. The summed E-state index contributed by atoms with van der Waals surface area (Å²) in [4.78, 5) is 14.7. The molecule has 1 rings (SSSR count). The molecule has 0 unspecified atom stereocenters. The summed E-state index contributed by atoms with van der Waals surface area (Å²) in [7, 11) is 0. The fourth-order valence-corrected chi connectivity index (χ4v) is 2.40. The second kappa shape index (κ2) is 6.93. The van der Waals surface area contributed by atoms with E-state index in [-0.39, 0.29) is 5.91 Å². The SMILES string of the molecule is CCC(CC)N(CC(C)C)C(=O)C(C)=C1CNC1. The topological polar surface area (TPSA) is 32.3 Å². The zero-order valence-electron chi connectivity index (χ0n) is 12.5. The van der Waals surface area contributed by atoms with Crippen molar-refractivity contribution in [2.24, 2.45) is 5.92 Å². The highest BCUT2D eigenvalue weighted by Crippen LogP contribution is 2.18. The van der Waals surface area contributed by atoms with Gasteiger partial charge in [0.1, 0.15) is 0 Å². The van der Waals surface area contributed by atoms with E-state index in [0.717, 1.165) is 38.0 Å². The molecular weight excluding hydrogens is 224 g/mol. The zero-order valence-corrected chi connectivity index (χ0v) is 12.5. The van der Waals surface area contributed by atoms with Gasteiger partial charge in [0.05, 0.1) is 0 Å².